The Balaban J connectivity index is 1.54. The molecule has 0 saturated heterocycles. The predicted molar refractivity (Wildman–Crippen MR) is 141 cm³/mol. The van der Waals surface area contributed by atoms with Crippen LogP contribution in [0.25, 0.3) is 11.3 Å². The van der Waals surface area contributed by atoms with Crippen molar-refractivity contribution in [2.24, 2.45) is 11.8 Å². The lowest BCUT2D eigenvalue weighted by atomic mass is 9.96. The van der Waals surface area contributed by atoms with Gasteiger partial charge in [0.25, 0.3) is 0 Å². The minimum atomic E-state index is -2.12. The van der Waals surface area contributed by atoms with E-state index in [4.69, 9.17) is 9.72 Å². The topological polar surface area (TPSA) is 52.1 Å². The second kappa shape index (κ2) is 10.6. The first-order valence-corrected chi connectivity index (χ1v) is 15.3. The Bertz CT molecular complexity index is 1230. The van der Waals surface area contributed by atoms with Crippen LogP contribution in [0, 0.1) is 24.6 Å². The summed E-state index contributed by atoms with van der Waals surface area (Å²) in [4.78, 5) is 9.45. The number of hydrogen-bond acceptors (Lipinski definition) is 4. The molecule has 2 aromatic carbocycles. The number of aryl methyl sites for hydroxylation is 1. The zero-order valence-electron chi connectivity index (χ0n) is 21.4. The van der Waals surface area contributed by atoms with Gasteiger partial charge in [-0.15, -0.1) is 0 Å². The first-order valence-electron chi connectivity index (χ1n) is 12.5. The first kappa shape index (κ1) is 25.6. The molecule has 1 saturated carbocycles. The third-order valence-corrected chi connectivity index (χ3v) is 7.65. The molecule has 0 N–H and O–H groups in total. The second-order valence-corrected chi connectivity index (χ2v) is 14.3. The van der Waals surface area contributed by atoms with Crippen LogP contribution in [0.4, 0.5) is 4.39 Å². The van der Waals surface area contributed by atoms with Crippen LogP contribution >= 0.6 is 7.14 Å². The van der Waals surface area contributed by atoms with Crippen molar-refractivity contribution < 1.29 is 13.7 Å². The molecule has 0 radical (unpaired) electrons. The number of ether oxygens (including phenoxy) is 1. The SMILES string of the molecule is Cc1ccc(F)c(-c2ncc(COc3cccc([C@@H](CP(C)(C)=O)C4CC4)c3)nc2CC(C)C)c1. The Morgan fingerprint density at radius 2 is 1.91 bits per heavy atom. The highest BCUT2D eigenvalue weighted by Crippen LogP contribution is 2.51. The highest BCUT2D eigenvalue weighted by atomic mass is 31.2. The van der Waals surface area contributed by atoms with Gasteiger partial charge < -0.3 is 9.30 Å². The zero-order chi connectivity index (χ0) is 25.2. The lowest BCUT2D eigenvalue weighted by Gasteiger charge is -2.20. The van der Waals surface area contributed by atoms with E-state index in [1.165, 1.54) is 24.5 Å². The second-order valence-electron chi connectivity index (χ2n) is 10.8. The van der Waals surface area contributed by atoms with E-state index in [-0.39, 0.29) is 12.4 Å². The number of aromatic nitrogens is 2. The van der Waals surface area contributed by atoms with Crippen molar-refractivity contribution in [1.82, 2.24) is 9.97 Å². The molecule has 3 aromatic rings. The average Bonchev–Trinajstić information content (AvgIpc) is 3.63. The molecule has 0 unspecified atom stereocenters. The first-order chi connectivity index (χ1) is 16.6. The van der Waals surface area contributed by atoms with Gasteiger partial charge >= 0.3 is 0 Å². The minimum Gasteiger partial charge on any atom is -0.487 e. The lowest BCUT2D eigenvalue weighted by Crippen LogP contribution is -2.09. The summed E-state index contributed by atoms with van der Waals surface area (Å²) in [6.07, 6.45) is 5.54. The molecule has 35 heavy (non-hydrogen) atoms. The minimum absolute atomic E-state index is 0.284. The summed E-state index contributed by atoms with van der Waals surface area (Å²) < 4.78 is 33.2. The molecule has 6 heteroatoms. The van der Waals surface area contributed by atoms with Crippen LogP contribution in [0.1, 0.15) is 55.1 Å². The molecule has 1 aromatic heterocycles. The van der Waals surface area contributed by atoms with Crippen LogP contribution in [0.15, 0.2) is 48.7 Å². The quantitative estimate of drug-likeness (QED) is 0.274. The van der Waals surface area contributed by atoms with Gasteiger partial charge in [-0.1, -0.05) is 37.6 Å². The Morgan fingerprint density at radius 1 is 1.14 bits per heavy atom. The number of halogens is 1. The van der Waals surface area contributed by atoms with Crippen molar-refractivity contribution in [2.75, 3.05) is 19.5 Å². The highest BCUT2D eigenvalue weighted by Gasteiger charge is 2.34. The Hall–Kier alpha value is -2.52. The van der Waals surface area contributed by atoms with Crippen molar-refractivity contribution >= 4 is 7.14 Å². The molecule has 0 bridgehead atoms. The summed E-state index contributed by atoms with van der Waals surface area (Å²) in [6.45, 7) is 10.2. The van der Waals surface area contributed by atoms with Gasteiger partial charge in [-0.25, -0.2) is 4.39 Å². The van der Waals surface area contributed by atoms with Crippen LogP contribution < -0.4 is 4.74 Å². The van der Waals surface area contributed by atoms with Gasteiger partial charge in [0.1, 0.15) is 18.2 Å². The van der Waals surface area contributed by atoms with Crippen LogP contribution in [-0.2, 0) is 17.6 Å². The van der Waals surface area contributed by atoms with Crippen molar-refractivity contribution in [3.05, 3.63) is 77.0 Å². The monoisotopic (exact) mass is 494 g/mol. The number of hydrogen-bond donors (Lipinski definition) is 0. The van der Waals surface area contributed by atoms with E-state index in [9.17, 15) is 8.96 Å². The summed E-state index contributed by atoms with van der Waals surface area (Å²) in [5.74, 6) is 1.79. The van der Waals surface area contributed by atoms with Gasteiger partial charge in [-0.05, 0) is 87.1 Å². The molecule has 4 rings (SSSR count). The number of rotatable bonds is 10. The molecule has 186 valence electrons. The van der Waals surface area contributed by atoms with Crippen molar-refractivity contribution in [1.29, 1.82) is 0 Å². The fraction of sp³-hybridized carbons (Fsp3) is 0.448. The third kappa shape index (κ3) is 7.01. The lowest BCUT2D eigenvalue weighted by molar-refractivity contribution is 0.299. The molecular formula is C29H36FN2O2P. The van der Waals surface area contributed by atoms with Crippen LogP contribution in [0.3, 0.4) is 0 Å². The van der Waals surface area contributed by atoms with E-state index < -0.39 is 7.14 Å². The molecule has 4 nitrogen and oxygen atoms in total. The summed E-state index contributed by atoms with van der Waals surface area (Å²) in [5.41, 5.74) is 4.77. The van der Waals surface area contributed by atoms with Crippen LogP contribution in [0.2, 0.25) is 0 Å². The fourth-order valence-corrected chi connectivity index (χ4v) is 6.06. The number of nitrogens with zero attached hydrogens (tertiary/aromatic N) is 2. The van der Waals surface area contributed by atoms with Crippen molar-refractivity contribution in [2.45, 2.75) is 52.6 Å². The summed E-state index contributed by atoms with van der Waals surface area (Å²) >= 11 is 0. The molecule has 1 fully saturated rings. The van der Waals surface area contributed by atoms with E-state index in [1.807, 2.05) is 38.5 Å². The Labute approximate surface area is 208 Å². The van der Waals surface area contributed by atoms with Gasteiger partial charge in [0, 0.05) is 11.7 Å². The molecule has 0 aliphatic heterocycles. The van der Waals surface area contributed by atoms with Gasteiger partial charge in [0.15, 0.2) is 0 Å². The maximum Gasteiger partial charge on any atom is 0.132 e. The predicted octanol–water partition coefficient (Wildman–Crippen LogP) is 7.48. The van der Waals surface area contributed by atoms with E-state index in [1.54, 1.807) is 12.3 Å². The van der Waals surface area contributed by atoms with Crippen molar-refractivity contribution in [3.63, 3.8) is 0 Å². The van der Waals surface area contributed by atoms with Crippen LogP contribution in [0.5, 0.6) is 5.75 Å². The summed E-state index contributed by atoms with van der Waals surface area (Å²) in [5, 5.41) is 0. The van der Waals surface area contributed by atoms with Crippen LogP contribution in [-0.4, -0.2) is 29.5 Å². The van der Waals surface area contributed by atoms with E-state index >= 15 is 0 Å². The van der Waals surface area contributed by atoms with Crippen molar-refractivity contribution in [3.8, 4) is 17.0 Å². The maximum absolute atomic E-state index is 14.6. The van der Waals surface area contributed by atoms with Gasteiger partial charge in [0.2, 0.25) is 0 Å². The Morgan fingerprint density at radius 3 is 2.60 bits per heavy atom. The molecule has 1 aliphatic carbocycles. The molecule has 1 atom stereocenters. The van der Waals surface area contributed by atoms with Gasteiger partial charge in [0.05, 0.1) is 30.4 Å². The largest absolute Gasteiger partial charge is 0.487 e. The summed E-state index contributed by atoms with van der Waals surface area (Å²) in [7, 11) is -2.12. The smallest absolute Gasteiger partial charge is 0.132 e. The molecular weight excluding hydrogens is 458 g/mol. The summed E-state index contributed by atoms with van der Waals surface area (Å²) in [6, 6.07) is 13.2. The molecule has 1 heterocycles. The molecule has 0 spiro atoms. The zero-order valence-corrected chi connectivity index (χ0v) is 22.3. The molecule has 0 amide bonds. The Kier molecular flexibility index (Phi) is 7.76. The molecule has 1 aliphatic rings. The highest BCUT2D eigenvalue weighted by molar-refractivity contribution is 7.62. The third-order valence-electron chi connectivity index (χ3n) is 6.37. The van der Waals surface area contributed by atoms with E-state index in [2.05, 4.69) is 31.0 Å². The normalized spacial score (nSPS) is 14.8. The van der Waals surface area contributed by atoms with E-state index in [0.717, 1.165) is 23.2 Å². The number of benzene rings is 2. The van der Waals surface area contributed by atoms with Gasteiger partial charge in [-0.2, -0.15) is 0 Å². The van der Waals surface area contributed by atoms with E-state index in [0.29, 0.717) is 41.1 Å². The average molecular weight is 495 g/mol. The maximum atomic E-state index is 14.6. The standard InChI is InChI=1S/C29H36FN2O2P/c1-19(2)13-28-29(25-14-20(3)9-12-27(25)30)31-16-23(32-28)17-34-24-8-6-7-22(15-24)26(21-10-11-21)18-35(4,5)33/h6-9,12,14-16,19,21,26H,10-11,13,17-18H2,1-5H3/t26-/m0/s1. The van der Waals surface area contributed by atoms with Gasteiger partial charge in [-0.3, -0.25) is 9.97 Å². The fourth-order valence-electron chi connectivity index (χ4n) is 4.60.